The van der Waals surface area contributed by atoms with Crippen LogP contribution < -0.4 is 15.8 Å². The monoisotopic (exact) mass is 528 g/mol. The molecule has 4 aromatic rings. The molecule has 0 aliphatic rings. The molecule has 2 aromatic heterocycles. The van der Waals surface area contributed by atoms with Gasteiger partial charge in [-0.05, 0) is 54.7 Å². The number of aliphatic hydroxyl groups is 1. The third kappa shape index (κ3) is 5.95. The van der Waals surface area contributed by atoms with Crippen LogP contribution in [0.3, 0.4) is 0 Å². The van der Waals surface area contributed by atoms with Crippen molar-refractivity contribution in [2.75, 3.05) is 13.7 Å². The standard InChI is InChI=1S/C27H27F3N4O4/c1-37-20-10-8-19(18-9-11-22(27(28,29)30)33-23(18)20)26-34-24(21(14-31)38-26)25(36)32-15-17-7-4-6-16(13-17)5-2-3-12-35/h4,6-11,13,35H,2-3,5,12,14-15,31H2,1H3,(H,32,36). The molecule has 4 rings (SSSR count). The van der Waals surface area contributed by atoms with E-state index < -0.39 is 17.8 Å². The normalized spacial score (nSPS) is 11.6. The molecule has 2 heterocycles. The summed E-state index contributed by atoms with van der Waals surface area (Å²) in [5, 5.41) is 12.1. The summed E-state index contributed by atoms with van der Waals surface area (Å²) in [4.78, 5) is 21.1. The van der Waals surface area contributed by atoms with E-state index in [0.29, 0.717) is 10.9 Å². The molecule has 200 valence electrons. The van der Waals surface area contributed by atoms with Gasteiger partial charge in [0.1, 0.15) is 17.0 Å². The van der Waals surface area contributed by atoms with E-state index in [1.807, 2.05) is 24.3 Å². The topological polar surface area (TPSA) is 124 Å². The van der Waals surface area contributed by atoms with Gasteiger partial charge < -0.3 is 25.3 Å². The fraction of sp³-hybridized carbons (Fsp3) is 0.296. The largest absolute Gasteiger partial charge is 0.494 e. The number of nitrogens with one attached hydrogen (secondary N) is 1. The lowest BCUT2D eigenvalue weighted by Crippen LogP contribution is -2.24. The summed E-state index contributed by atoms with van der Waals surface area (Å²) in [6, 6.07) is 12.9. The molecule has 0 spiro atoms. The number of amides is 1. The Kier molecular flexibility index (Phi) is 8.28. The maximum absolute atomic E-state index is 13.3. The van der Waals surface area contributed by atoms with E-state index in [1.165, 1.54) is 19.2 Å². The molecule has 38 heavy (non-hydrogen) atoms. The summed E-state index contributed by atoms with van der Waals surface area (Å²) in [5.41, 5.74) is 7.05. The molecule has 0 aliphatic carbocycles. The quantitative estimate of drug-likeness (QED) is 0.257. The van der Waals surface area contributed by atoms with E-state index in [0.717, 1.165) is 36.5 Å². The molecule has 0 unspecified atom stereocenters. The van der Waals surface area contributed by atoms with Crippen molar-refractivity contribution in [1.29, 1.82) is 0 Å². The van der Waals surface area contributed by atoms with Crippen LogP contribution in [0.2, 0.25) is 0 Å². The minimum Gasteiger partial charge on any atom is -0.494 e. The second-order valence-electron chi connectivity index (χ2n) is 8.58. The van der Waals surface area contributed by atoms with Crippen LogP contribution in [0.25, 0.3) is 22.4 Å². The number of aromatic nitrogens is 2. The molecule has 2 aromatic carbocycles. The van der Waals surface area contributed by atoms with Crippen LogP contribution in [0.5, 0.6) is 5.75 Å². The molecule has 0 bridgehead atoms. The molecule has 11 heteroatoms. The maximum atomic E-state index is 13.3. The first kappa shape index (κ1) is 27.1. The van der Waals surface area contributed by atoms with E-state index in [4.69, 9.17) is 20.0 Å². The summed E-state index contributed by atoms with van der Waals surface area (Å²) in [6.45, 7) is 0.283. The lowest BCUT2D eigenvalue weighted by molar-refractivity contribution is -0.140. The van der Waals surface area contributed by atoms with Crippen LogP contribution in [0.1, 0.15) is 45.9 Å². The van der Waals surface area contributed by atoms with Gasteiger partial charge in [-0.25, -0.2) is 9.97 Å². The number of fused-ring (bicyclic) bond motifs is 1. The number of methoxy groups -OCH3 is 1. The number of pyridine rings is 1. The molecule has 8 nitrogen and oxygen atoms in total. The molecule has 0 atom stereocenters. The molecular formula is C27H27F3N4O4. The number of oxazole rings is 1. The minimum absolute atomic E-state index is 0.00885. The lowest BCUT2D eigenvalue weighted by Gasteiger charge is -2.11. The SMILES string of the molecule is COc1ccc(-c2nc(C(=O)NCc3cccc(CCCCO)c3)c(CN)o2)c2ccc(C(F)(F)F)nc12. The average Bonchev–Trinajstić information content (AvgIpc) is 3.35. The number of hydrogen-bond donors (Lipinski definition) is 3. The number of halogens is 3. The highest BCUT2D eigenvalue weighted by Crippen LogP contribution is 2.36. The van der Waals surface area contributed by atoms with Crippen LogP contribution in [0, 0.1) is 0 Å². The highest BCUT2D eigenvalue weighted by molar-refractivity contribution is 5.98. The number of alkyl halides is 3. The van der Waals surface area contributed by atoms with Gasteiger partial charge in [0.2, 0.25) is 5.89 Å². The number of ether oxygens (including phenoxy) is 1. The second-order valence-corrected chi connectivity index (χ2v) is 8.58. The Hall–Kier alpha value is -3.96. The minimum atomic E-state index is -4.63. The number of nitrogens with zero attached hydrogens (tertiary/aromatic N) is 2. The average molecular weight is 529 g/mol. The number of hydrogen-bond acceptors (Lipinski definition) is 7. The van der Waals surface area contributed by atoms with Crippen molar-refractivity contribution in [3.63, 3.8) is 0 Å². The number of carbonyl (C=O) groups excluding carboxylic acids is 1. The van der Waals surface area contributed by atoms with Crippen molar-refractivity contribution in [3.8, 4) is 17.2 Å². The molecule has 0 radical (unpaired) electrons. The first-order valence-corrected chi connectivity index (χ1v) is 12.0. The molecule has 0 saturated heterocycles. The van der Waals surface area contributed by atoms with Crippen LogP contribution in [-0.2, 0) is 25.7 Å². The summed E-state index contributed by atoms with van der Waals surface area (Å²) < 4.78 is 50.7. The summed E-state index contributed by atoms with van der Waals surface area (Å²) >= 11 is 0. The Balaban J connectivity index is 1.60. The first-order valence-electron chi connectivity index (χ1n) is 12.0. The Morgan fingerprint density at radius 2 is 1.89 bits per heavy atom. The Bertz CT molecular complexity index is 1440. The van der Waals surface area contributed by atoms with Gasteiger partial charge in [-0.3, -0.25) is 4.79 Å². The highest BCUT2D eigenvalue weighted by atomic mass is 19.4. The van der Waals surface area contributed by atoms with Crippen LogP contribution in [0.4, 0.5) is 13.2 Å². The smallest absolute Gasteiger partial charge is 0.433 e. The van der Waals surface area contributed by atoms with Crippen molar-refractivity contribution < 1.29 is 32.2 Å². The Morgan fingerprint density at radius 1 is 1.11 bits per heavy atom. The third-order valence-electron chi connectivity index (χ3n) is 5.98. The fourth-order valence-electron chi connectivity index (χ4n) is 4.09. The number of aryl methyl sites for hydroxylation is 1. The van der Waals surface area contributed by atoms with Gasteiger partial charge in [0.05, 0.1) is 13.7 Å². The predicted molar refractivity (Wildman–Crippen MR) is 134 cm³/mol. The van der Waals surface area contributed by atoms with Crippen molar-refractivity contribution in [1.82, 2.24) is 15.3 Å². The fourth-order valence-corrected chi connectivity index (χ4v) is 4.09. The third-order valence-corrected chi connectivity index (χ3v) is 5.98. The van der Waals surface area contributed by atoms with Gasteiger partial charge in [-0.2, -0.15) is 13.2 Å². The summed E-state index contributed by atoms with van der Waals surface area (Å²) in [7, 11) is 1.33. The maximum Gasteiger partial charge on any atom is 0.433 e. The molecule has 0 fully saturated rings. The number of nitrogens with two attached hydrogens (primary N) is 1. The number of rotatable bonds is 10. The zero-order chi connectivity index (χ0) is 27.3. The van der Waals surface area contributed by atoms with Crippen LogP contribution >= 0.6 is 0 Å². The molecule has 0 saturated carbocycles. The van der Waals surface area contributed by atoms with Crippen LogP contribution in [0.15, 0.2) is 52.9 Å². The number of carbonyl (C=O) groups is 1. The highest BCUT2D eigenvalue weighted by Gasteiger charge is 2.33. The summed E-state index contributed by atoms with van der Waals surface area (Å²) in [5.74, 6) is -0.187. The van der Waals surface area contributed by atoms with E-state index in [2.05, 4.69) is 15.3 Å². The van der Waals surface area contributed by atoms with Crippen LogP contribution in [-0.4, -0.2) is 34.7 Å². The van der Waals surface area contributed by atoms with E-state index in [9.17, 15) is 18.0 Å². The molecule has 4 N–H and O–H groups in total. The first-order chi connectivity index (χ1) is 18.2. The van der Waals surface area contributed by atoms with Gasteiger partial charge in [-0.1, -0.05) is 24.3 Å². The van der Waals surface area contributed by atoms with E-state index in [1.54, 1.807) is 6.07 Å². The Labute approximate surface area is 216 Å². The van der Waals surface area contributed by atoms with Crippen molar-refractivity contribution in [2.24, 2.45) is 5.73 Å². The van der Waals surface area contributed by atoms with Gasteiger partial charge >= 0.3 is 6.18 Å². The second kappa shape index (κ2) is 11.6. The number of unbranched alkanes of at least 4 members (excludes halogenated alkanes) is 1. The van der Waals surface area contributed by atoms with Crippen molar-refractivity contribution in [3.05, 3.63) is 76.8 Å². The molecular weight excluding hydrogens is 501 g/mol. The lowest BCUT2D eigenvalue weighted by atomic mass is 10.1. The van der Waals surface area contributed by atoms with Gasteiger partial charge in [-0.15, -0.1) is 0 Å². The zero-order valence-electron chi connectivity index (χ0n) is 20.6. The molecule has 0 aliphatic heterocycles. The predicted octanol–water partition coefficient (Wildman–Crippen LogP) is 4.62. The van der Waals surface area contributed by atoms with Gasteiger partial charge in [0.15, 0.2) is 11.5 Å². The number of aliphatic hydroxyl groups excluding tert-OH is 1. The van der Waals surface area contributed by atoms with Gasteiger partial charge in [0, 0.05) is 24.1 Å². The Morgan fingerprint density at radius 3 is 2.61 bits per heavy atom. The van der Waals surface area contributed by atoms with Gasteiger partial charge in [0.25, 0.3) is 5.91 Å². The molecule has 1 amide bonds. The van der Waals surface area contributed by atoms with E-state index in [-0.39, 0.29) is 48.3 Å². The van der Waals surface area contributed by atoms with Crippen molar-refractivity contribution in [2.45, 2.75) is 38.5 Å². The summed E-state index contributed by atoms with van der Waals surface area (Å²) in [6.07, 6.45) is -2.22. The van der Waals surface area contributed by atoms with E-state index >= 15 is 0 Å². The number of benzene rings is 2. The zero-order valence-corrected chi connectivity index (χ0v) is 20.6. The van der Waals surface area contributed by atoms with Crippen molar-refractivity contribution >= 4 is 16.8 Å².